The van der Waals surface area contributed by atoms with E-state index in [-0.39, 0.29) is 18.3 Å². The third kappa shape index (κ3) is 7.59. The van der Waals surface area contributed by atoms with Crippen molar-refractivity contribution >= 4 is 0 Å². The Bertz CT molecular complexity index is 467. The van der Waals surface area contributed by atoms with E-state index < -0.39 is 17.7 Å². The zero-order valence-corrected chi connectivity index (χ0v) is 16.9. The van der Waals surface area contributed by atoms with E-state index >= 15 is 0 Å². The molecule has 1 saturated heterocycles. The smallest absolute Gasteiger partial charge is 0.391 e. The van der Waals surface area contributed by atoms with Gasteiger partial charge in [-0.1, -0.05) is 25.2 Å². The molecule has 0 spiro atoms. The van der Waals surface area contributed by atoms with Crippen molar-refractivity contribution in [3.63, 3.8) is 0 Å². The largest absolute Gasteiger partial charge is 0.397 e. The summed E-state index contributed by atoms with van der Waals surface area (Å²) >= 11 is 0. The Balaban J connectivity index is 2.76. The van der Waals surface area contributed by atoms with E-state index in [1.165, 1.54) is 13.0 Å². The van der Waals surface area contributed by atoms with Gasteiger partial charge >= 0.3 is 6.18 Å². The minimum absolute atomic E-state index is 0.0164. The molecule has 3 unspecified atom stereocenters. The topological polar surface area (TPSA) is 41.5 Å². The zero-order valence-electron chi connectivity index (χ0n) is 16.9. The highest BCUT2D eigenvalue weighted by molar-refractivity contribution is 5.08. The Labute approximate surface area is 162 Å². The second-order valence-corrected chi connectivity index (χ2v) is 7.98. The van der Waals surface area contributed by atoms with Crippen molar-refractivity contribution in [2.45, 2.75) is 58.2 Å². The van der Waals surface area contributed by atoms with Crippen LogP contribution in [0.2, 0.25) is 0 Å². The predicted molar refractivity (Wildman–Crippen MR) is 103 cm³/mol. The Morgan fingerprint density at radius 1 is 1.30 bits per heavy atom. The number of allylic oxidation sites excluding steroid dienone is 3. The molecule has 1 rings (SSSR count). The molecule has 1 aliphatic rings. The molecule has 1 fully saturated rings. The molecule has 0 amide bonds. The lowest BCUT2D eigenvalue weighted by molar-refractivity contribution is -0.200. The van der Waals surface area contributed by atoms with Crippen molar-refractivity contribution in [2.75, 3.05) is 26.8 Å². The van der Waals surface area contributed by atoms with Gasteiger partial charge < -0.3 is 15.2 Å². The van der Waals surface area contributed by atoms with E-state index in [0.717, 1.165) is 32.4 Å². The van der Waals surface area contributed by atoms with Gasteiger partial charge in [0, 0.05) is 7.11 Å². The van der Waals surface area contributed by atoms with E-state index in [4.69, 9.17) is 4.74 Å². The van der Waals surface area contributed by atoms with Gasteiger partial charge in [-0.2, -0.15) is 13.2 Å². The molecule has 0 radical (unpaired) electrons. The average molecular weight is 392 g/mol. The fourth-order valence-corrected chi connectivity index (χ4v) is 3.69. The van der Waals surface area contributed by atoms with Gasteiger partial charge in [0.2, 0.25) is 0 Å². The van der Waals surface area contributed by atoms with Crippen LogP contribution >= 0.6 is 0 Å². The molecule has 1 aliphatic heterocycles. The van der Waals surface area contributed by atoms with Gasteiger partial charge in [0.25, 0.3) is 0 Å². The lowest BCUT2D eigenvalue weighted by atomic mass is 9.79. The number of halogens is 3. The van der Waals surface area contributed by atoms with E-state index in [1.54, 1.807) is 26.2 Å². The Morgan fingerprint density at radius 2 is 2.00 bits per heavy atom. The van der Waals surface area contributed by atoms with Crippen molar-refractivity contribution < 1.29 is 23.0 Å². The standard InChI is InChI=1S/C21H36F3NO2/c1-5-17(9-11-20(3,6-2)21(22,23)24)18-8-7-16(14-25-12-10-18)13-19(26)15-27-4/h5,9,11,16-19,25-26H,1,6-8,10,12-15H2,2-4H3/b11-9-/t16?,17-,18?,19?,20+/m1/s1. The van der Waals surface area contributed by atoms with Crippen molar-refractivity contribution in [1.82, 2.24) is 5.32 Å². The van der Waals surface area contributed by atoms with Gasteiger partial charge in [-0.3, -0.25) is 0 Å². The Morgan fingerprint density at radius 3 is 2.56 bits per heavy atom. The maximum absolute atomic E-state index is 13.3. The first kappa shape index (κ1) is 24.2. The number of rotatable bonds is 9. The van der Waals surface area contributed by atoms with Crippen LogP contribution in [0.15, 0.2) is 24.8 Å². The summed E-state index contributed by atoms with van der Waals surface area (Å²) in [5, 5.41) is 13.4. The van der Waals surface area contributed by atoms with Crippen LogP contribution < -0.4 is 5.32 Å². The fourth-order valence-electron chi connectivity index (χ4n) is 3.69. The highest BCUT2D eigenvalue weighted by Crippen LogP contribution is 2.42. The summed E-state index contributed by atoms with van der Waals surface area (Å²) in [5.74, 6) is 0.508. The normalized spacial score (nSPS) is 26.8. The molecule has 3 nitrogen and oxygen atoms in total. The second kappa shape index (κ2) is 11.2. The highest BCUT2D eigenvalue weighted by atomic mass is 19.4. The number of methoxy groups -OCH3 is 1. The third-order valence-electron chi connectivity index (χ3n) is 5.92. The maximum Gasteiger partial charge on any atom is 0.397 e. The zero-order chi connectivity index (χ0) is 20.5. The van der Waals surface area contributed by atoms with E-state index in [1.807, 2.05) is 0 Å². The molecule has 0 aromatic carbocycles. The number of aliphatic hydroxyl groups is 1. The fraction of sp³-hybridized carbons (Fsp3) is 0.810. The van der Waals surface area contributed by atoms with Crippen LogP contribution in [0.1, 0.15) is 46.0 Å². The van der Waals surface area contributed by atoms with Crippen LogP contribution in [0.4, 0.5) is 13.2 Å². The number of hydrogen-bond donors (Lipinski definition) is 2. The molecule has 6 heteroatoms. The van der Waals surface area contributed by atoms with Gasteiger partial charge in [0.15, 0.2) is 0 Å². The van der Waals surface area contributed by atoms with Crippen LogP contribution in [-0.4, -0.2) is 44.2 Å². The molecule has 2 N–H and O–H groups in total. The first-order chi connectivity index (χ1) is 12.7. The van der Waals surface area contributed by atoms with E-state index in [9.17, 15) is 18.3 Å². The number of alkyl halides is 3. The van der Waals surface area contributed by atoms with Gasteiger partial charge in [0.05, 0.1) is 18.1 Å². The summed E-state index contributed by atoms with van der Waals surface area (Å²) < 4.78 is 45.0. The van der Waals surface area contributed by atoms with Crippen molar-refractivity contribution in [1.29, 1.82) is 0 Å². The van der Waals surface area contributed by atoms with Gasteiger partial charge in [-0.05, 0) is 69.9 Å². The van der Waals surface area contributed by atoms with Gasteiger partial charge in [-0.15, -0.1) is 6.58 Å². The average Bonchev–Trinajstić information content (AvgIpc) is 2.58. The lowest BCUT2D eigenvalue weighted by Gasteiger charge is -2.31. The molecule has 1 heterocycles. The van der Waals surface area contributed by atoms with Crippen LogP contribution in [0, 0.1) is 23.2 Å². The molecule has 0 aliphatic carbocycles. The summed E-state index contributed by atoms with van der Waals surface area (Å²) in [6, 6.07) is 0. The van der Waals surface area contributed by atoms with Crippen LogP contribution in [-0.2, 0) is 4.74 Å². The van der Waals surface area contributed by atoms with E-state index in [2.05, 4.69) is 11.9 Å². The summed E-state index contributed by atoms with van der Waals surface area (Å²) in [4.78, 5) is 0. The minimum Gasteiger partial charge on any atom is -0.391 e. The Kier molecular flexibility index (Phi) is 10.1. The SMILES string of the molecule is C=C[C@H](/C=C\[C@](C)(CC)C(F)(F)F)C1CCNCC(CC(O)COC)CC1. The molecule has 0 aromatic rings. The minimum atomic E-state index is -4.25. The summed E-state index contributed by atoms with van der Waals surface area (Å²) in [6.45, 7) is 8.67. The van der Waals surface area contributed by atoms with Crippen LogP contribution in [0.3, 0.4) is 0 Å². The number of hydrogen-bond acceptors (Lipinski definition) is 3. The third-order valence-corrected chi connectivity index (χ3v) is 5.92. The molecule has 5 atom stereocenters. The highest BCUT2D eigenvalue weighted by Gasteiger charge is 2.47. The molecule has 0 bridgehead atoms. The second-order valence-electron chi connectivity index (χ2n) is 7.98. The van der Waals surface area contributed by atoms with Gasteiger partial charge in [0.1, 0.15) is 0 Å². The molecule has 27 heavy (non-hydrogen) atoms. The number of nitrogens with one attached hydrogen (secondary N) is 1. The molecule has 0 saturated carbocycles. The number of ether oxygens (including phenoxy) is 1. The van der Waals surface area contributed by atoms with Crippen LogP contribution in [0.5, 0.6) is 0 Å². The molecular weight excluding hydrogens is 355 g/mol. The van der Waals surface area contributed by atoms with Crippen LogP contribution in [0.25, 0.3) is 0 Å². The van der Waals surface area contributed by atoms with Crippen molar-refractivity contribution in [3.8, 4) is 0 Å². The summed E-state index contributed by atoms with van der Waals surface area (Å²) in [5.41, 5.74) is -1.80. The van der Waals surface area contributed by atoms with Crippen molar-refractivity contribution in [2.24, 2.45) is 23.2 Å². The first-order valence-electron chi connectivity index (χ1n) is 9.93. The lowest BCUT2D eigenvalue weighted by Crippen LogP contribution is -2.34. The quantitative estimate of drug-likeness (QED) is 0.559. The summed E-state index contributed by atoms with van der Waals surface area (Å²) in [6.07, 6.45) is 3.50. The predicted octanol–water partition coefficient (Wildman–Crippen LogP) is 4.73. The molecule has 158 valence electrons. The molecule has 0 aromatic heterocycles. The summed E-state index contributed by atoms with van der Waals surface area (Å²) in [7, 11) is 1.57. The van der Waals surface area contributed by atoms with Gasteiger partial charge in [-0.25, -0.2) is 0 Å². The Hall–Kier alpha value is -0.850. The van der Waals surface area contributed by atoms with Crippen molar-refractivity contribution in [3.05, 3.63) is 24.8 Å². The molecular formula is C21H36F3NO2. The monoisotopic (exact) mass is 391 g/mol. The maximum atomic E-state index is 13.3. The number of aliphatic hydroxyl groups excluding tert-OH is 1. The van der Waals surface area contributed by atoms with E-state index in [0.29, 0.717) is 18.9 Å². The first-order valence-corrected chi connectivity index (χ1v) is 9.93.